The molecule has 0 spiro atoms. The molecule has 2 saturated heterocycles. The van der Waals surface area contributed by atoms with Crippen LogP contribution < -0.4 is 10.2 Å². The van der Waals surface area contributed by atoms with Crippen LogP contribution in [0.4, 0.5) is 15.8 Å². The molecular weight excluding hydrogens is 445 g/mol. The Hall–Kier alpha value is -2.20. The number of halogens is 2. The fourth-order valence-corrected chi connectivity index (χ4v) is 5.73. The Morgan fingerprint density at radius 1 is 1.06 bits per heavy atom. The number of hydrogen-bond acceptors (Lipinski definition) is 5. The maximum Gasteiger partial charge on any atom is 0.255 e. The van der Waals surface area contributed by atoms with E-state index in [1.54, 1.807) is 18.2 Å². The van der Waals surface area contributed by atoms with Crippen LogP contribution in [0, 0.1) is 5.82 Å². The van der Waals surface area contributed by atoms with Gasteiger partial charge in [0, 0.05) is 31.7 Å². The Morgan fingerprint density at radius 3 is 2.48 bits per heavy atom. The number of carbonyl (C=O) groups excluding carboxylic acids is 1. The average molecular weight is 468 g/mol. The lowest BCUT2D eigenvalue weighted by molar-refractivity contribution is 0.102. The molecule has 1 amide bonds. The first kappa shape index (κ1) is 22.0. The highest BCUT2D eigenvalue weighted by molar-refractivity contribution is 7.89. The minimum atomic E-state index is -4.00. The minimum absolute atomic E-state index is 0.0482. The highest BCUT2D eigenvalue weighted by Crippen LogP contribution is 2.35. The largest absolute Gasteiger partial charge is 0.378 e. The van der Waals surface area contributed by atoms with Crippen molar-refractivity contribution in [1.29, 1.82) is 0 Å². The van der Waals surface area contributed by atoms with Crippen LogP contribution in [0.2, 0.25) is 5.02 Å². The van der Waals surface area contributed by atoms with Crippen molar-refractivity contribution in [1.82, 2.24) is 4.31 Å². The summed E-state index contributed by atoms with van der Waals surface area (Å²) in [4.78, 5) is 14.5. The number of carbonyl (C=O) groups is 1. The van der Waals surface area contributed by atoms with E-state index in [9.17, 15) is 17.6 Å². The van der Waals surface area contributed by atoms with Gasteiger partial charge in [-0.3, -0.25) is 4.79 Å². The van der Waals surface area contributed by atoms with Crippen LogP contribution in [0.15, 0.2) is 41.3 Å². The monoisotopic (exact) mass is 467 g/mol. The summed E-state index contributed by atoms with van der Waals surface area (Å²) in [5.41, 5.74) is 1.22. The number of morpholine rings is 1. The number of amides is 1. The van der Waals surface area contributed by atoms with Crippen molar-refractivity contribution >= 4 is 38.9 Å². The number of sulfonamides is 1. The summed E-state index contributed by atoms with van der Waals surface area (Å²) in [7, 11) is -4.00. The van der Waals surface area contributed by atoms with Gasteiger partial charge in [-0.1, -0.05) is 17.7 Å². The lowest BCUT2D eigenvalue weighted by Gasteiger charge is -2.31. The number of benzene rings is 2. The van der Waals surface area contributed by atoms with Gasteiger partial charge >= 0.3 is 0 Å². The first-order valence-corrected chi connectivity index (χ1v) is 11.9. The van der Waals surface area contributed by atoms with Crippen molar-refractivity contribution in [3.63, 3.8) is 0 Å². The van der Waals surface area contributed by atoms with E-state index in [-0.39, 0.29) is 5.56 Å². The van der Waals surface area contributed by atoms with Crippen LogP contribution in [0.25, 0.3) is 0 Å². The molecule has 10 heteroatoms. The third-order valence-corrected chi connectivity index (χ3v) is 7.66. The van der Waals surface area contributed by atoms with E-state index in [0.29, 0.717) is 55.8 Å². The molecule has 2 aliphatic rings. The van der Waals surface area contributed by atoms with Gasteiger partial charge in [-0.25, -0.2) is 12.8 Å². The number of para-hydroxylation sites is 1. The molecule has 2 aromatic rings. The van der Waals surface area contributed by atoms with Crippen LogP contribution in [0.3, 0.4) is 0 Å². The van der Waals surface area contributed by atoms with E-state index in [0.717, 1.165) is 25.0 Å². The topological polar surface area (TPSA) is 79.0 Å². The third kappa shape index (κ3) is 4.55. The molecule has 0 aromatic heterocycles. The number of rotatable bonds is 5. The van der Waals surface area contributed by atoms with Crippen molar-refractivity contribution < 1.29 is 22.3 Å². The van der Waals surface area contributed by atoms with Crippen LogP contribution in [-0.2, 0) is 14.8 Å². The van der Waals surface area contributed by atoms with E-state index >= 15 is 0 Å². The molecule has 0 bridgehead atoms. The molecule has 2 aliphatic heterocycles. The lowest BCUT2D eigenvalue weighted by Crippen LogP contribution is -2.37. The zero-order valence-electron chi connectivity index (χ0n) is 16.8. The van der Waals surface area contributed by atoms with Gasteiger partial charge in [0.1, 0.15) is 10.7 Å². The summed E-state index contributed by atoms with van der Waals surface area (Å²) in [6, 6.07) is 8.55. The van der Waals surface area contributed by atoms with Crippen LogP contribution in [-0.4, -0.2) is 58.0 Å². The van der Waals surface area contributed by atoms with Crippen LogP contribution >= 0.6 is 11.6 Å². The Kier molecular flexibility index (Phi) is 6.47. The number of nitrogens with one attached hydrogen (secondary N) is 1. The highest BCUT2D eigenvalue weighted by Gasteiger charge is 2.30. The van der Waals surface area contributed by atoms with Crippen molar-refractivity contribution in [2.45, 2.75) is 17.7 Å². The van der Waals surface area contributed by atoms with Gasteiger partial charge in [0.2, 0.25) is 10.0 Å². The smallest absolute Gasteiger partial charge is 0.255 e. The zero-order chi connectivity index (χ0) is 22.0. The van der Waals surface area contributed by atoms with E-state index in [4.69, 9.17) is 16.3 Å². The fraction of sp³-hybridized carbons (Fsp3) is 0.381. The van der Waals surface area contributed by atoms with Crippen LogP contribution in [0.1, 0.15) is 23.2 Å². The average Bonchev–Trinajstić information content (AvgIpc) is 3.30. The number of ether oxygens (including phenoxy) is 1. The second-order valence-electron chi connectivity index (χ2n) is 7.45. The highest BCUT2D eigenvalue weighted by atomic mass is 35.5. The molecule has 166 valence electrons. The van der Waals surface area contributed by atoms with Gasteiger partial charge in [-0.2, -0.15) is 4.31 Å². The number of hydrogen-bond donors (Lipinski definition) is 1. The summed E-state index contributed by atoms with van der Waals surface area (Å²) >= 11 is 6.40. The van der Waals surface area contributed by atoms with Crippen molar-refractivity contribution in [3.05, 3.63) is 52.8 Å². The second-order valence-corrected chi connectivity index (χ2v) is 9.76. The number of anilines is 2. The van der Waals surface area contributed by atoms with E-state index in [1.165, 1.54) is 10.4 Å². The maximum absolute atomic E-state index is 14.4. The normalized spacial score (nSPS) is 17.7. The van der Waals surface area contributed by atoms with Gasteiger partial charge < -0.3 is 15.0 Å². The molecular formula is C21H23ClFN3O4S. The Balaban J connectivity index is 1.62. The molecule has 7 nitrogen and oxygen atoms in total. The second kappa shape index (κ2) is 9.12. The molecule has 2 aromatic carbocycles. The minimum Gasteiger partial charge on any atom is -0.378 e. The summed E-state index contributed by atoms with van der Waals surface area (Å²) in [6.07, 6.45) is 1.47. The van der Waals surface area contributed by atoms with Gasteiger partial charge in [0.15, 0.2) is 0 Å². The Labute approximate surface area is 185 Å². The zero-order valence-corrected chi connectivity index (χ0v) is 18.4. The standard InChI is InChI=1S/C21H23ClFN3O4S/c22-16-4-3-5-18(20(16)25-10-12-30-13-11-25)24-21(27)15-6-7-17(23)19(14-15)31(28,29)26-8-1-2-9-26/h3-7,14H,1-2,8-13H2,(H,24,27). The molecule has 0 radical (unpaired) electrons. The molecule has 0 aliphatic carbocycles. The van der Waals surface area contributed by atoms with E-state index < -0.39 is 26.6 Å². The van der Waals surface area contributed by atoms with Crippen molar-refractivity contribution in [2.24, 2.45) is 0 Å². The van der Waals surface area contributed by atoms with E-state index in [1.807, 2.05) is 4.90 Å². The van der Waals surface area contributed by atoms with Crippen LogP contribution in [0.5, 0.6) is 0 Å². The van der Waals surface area contributed by atoms with Crippen molar-refractivity contribution in [2.75, 3.05) is 49.6 Å². The third-order valence-electron chi connectivity index (χ3n) is 5.44. The molecule has 2 heterocycles. The Bertz CT molecular complexity index is 1080. The summed E-state index contributed by atoms with van der Waals surface area (Å²) in [6.45, 7) is 3.05. The first-order valence-electron chi connectivity index (χ1n) is 10.1. The van der Waals surface area contributed by atoms with Gasteiger partial charge in [0.25, 0.3) is 5.91 Å². The molecule has 1 N–H and O–H groups in total. The lowest BCUT2D eigenvalue weighted by atomic mass is 10.2. The number of nitrogens with zero attached hydrogens (tertiary/aromatic N) is 2. The summed E-state index contributed by atoms with van der Waals surface area (Å²) in [5.74, 6) is -1.42. The summed E-state index contributed by atoms with van der Waals surface area (Å²) in [5, 5.41) is 3.28. The van der Waals surface area contributed by atoms with Crippen molar-refractivity contribution in [3.8, 4) is 0 Å². The van der Waals surface area contributed by atoms with E-state index in [2.05, 4.69) is 5.32 Å². The van der Waals surface area contributed by atoms with Gasteiger partial charge in [-0.05, 0) is 43.2 Å². The molecule has 0 saturated carbocycles. The van der Waals surface area contributed by atoms with Gasteiger partial charge in [0.05, 0.1) is 29.6 Å². The SMILES string of the molecule is O=C(Nc1cccc(Cl)c1N1CCOCC1)c1ccc(F)c(S(=O)(=O)N2CCCC2)c1. The predicted octanol–water partition coefficient (Wildman–Crippen LogP) is 3.35. The van der Waals surface area contributed by atoms with Gasteiger partial charge in [-0.15, -0.1) is 0 Å². The summed E-state index contributed by atoms with van der Waals surface area (Å²) < 4.78 is 46.7. The molecule has 0 unspecified atom stereocenters. The fourth-order valence-electron chi connectivity index (χ4n) is 3.83. The quantitative estimate of drug-likeness (QED) is 0.729. The first-order chi connectivity index (χ1) is 14.9. The predicted molar refractivity (Wildman–Crippen MR) is 117 cm³/mol. The maximum atomic E-state index is 14.4. The molecule has 4 rings (SSSR count). The molecule has 2 fully saturated rings. The molecule has 31 heavy (non-hydrogen) atoms. The molecule has 0 atom stereocenters. The Morgan fingerprint density at radius 2 is 1.77 bits per heavy atom.